The fourth-order valence-electron chi connectivity index (χ4n) is 2.16. The summed E-state index contributed by atoms with van der Waals surface area (Å²) in [4.78, 5) is 1.46. The third-order valence-electron chi connectivity index (χ3n) is 3.24. The predicted molar refractivity (Wildman–Crippen MR) is 81.9 cm³/mol. The van der Waals surface area contributed by atoms with Crippen LogP contribution >= 0.6 is 11.3 Å². The van der Waals surface area contributed by atoms with Gasteiger partial charge in [-0.3, -0.25) is 0 Å². The van der Waals surface area contributed by atoms with Crippen LogP contribution in [0.3, 0.4) is 0 Å². The Morgan fingerprint density at radius 3 is 2.63 bits per heavy atom. The van der Waals surface area contributed by atoms with Crippen molar-refractivity contribution in [1.82, 2.24) is 0 Å². The normalized spacial score (nSPS) is 12.3. The monoisotopic (exact) mass is 275 g/mol. The molecule has 0 aliphatic carbocycles. The van der Waals surface area contributed by atoms with Gasteiger partial charge >= 0.3 is 0 Å². The van der Waals surface area contributed by atoms with E-state index in [2.05, 4.69) is 29.6 Å². The highest BCUT2D eigenvalue weighted by Gasteiger charge is 2.05. The van der Waals surface area contributed by atoms with Crippen molar-refractivity contribution in [3.8, 4) is 5.75 Å². The SMILES string of the molecule is COc1ccc(CC(N)CCCc2cccs2)cc1. The molecule has 0 radical (unpaired) electrons. The zero-order valence-corrected chi connectivity index (χ0v) is 12.2. The molecule has 2 rings (SSSR count). The molecule has 0 saturated carbocycles. The van der Waals surface area contributed by atoms with Crippen LogP contribution in [0.25, 0.3) is 0 Å². The van der Waals surface area contributed by atoms with Crippen molar-refractivity contribution in [2.75, 3.05) is 7.11 Å². The largest absolute Gasteiger partial charge is 0.497 e. The minimum absolute atomic E-state index is 0.244. The number of hydrogen-bond donors (Lipinski definition) is 1. The van der Waals surface area contributed by atoms with E-state index in [1.165, 1.54) is 10.4 Å². The first kappa shape index (κ1) is 14.1. The van der Waals surface area contributed by atoms with Crippen molar-refractivity contribution in [3.63, 3.8) is 0 Å². The third kappa shape index (κ3) is 4.69. The van der Waals surface area contributed by atoms with Gasteiger partial charge in [0.2, 0.25) is 0 Å². The number of rotatable bonds is 7. The van der Waals surface area contributed by atoms with Gasteiger partial charge in [0.15, 0.2) is 0 Å². The maximum atomic E-state index is 6.19. The van der Waals surface area contributed by atoms with Gasteiger partial charge in [-0.2, -0.15) is 0 Å². The summed E-state index contributed by atoms with van der Waals surface area (Å²) >= 11 is 1.83. The second kappa shape index (κ2) is 7.31. The highest BCUT2D eigenvalue weighted by molar-refractivity contribution is 7.09. The van der Waals surface area contributed by atoms with Crippen LogP contribution in [-0.2, 0) is 12.8 Å². The summed E-state index contributed by atoms with van der Waals surface area (Å²) in [6, 6.07) is 12.7. The number of nitrogens with two attached hydrogens (primary N) is 1. The van der Waals surface area contributed by atoms with Gasteiger partial charge in [0.25, 0.3) is 0 Å². The molecule has 2 N–H and O–H groups in total. The standard InChI is InChI=1S/C16H21NOS/c1-18-15-9-7-13(8-10-15)12-14(17)4-2-5-16-6-3-11-19-16/h3,6-11,14H,2,4-5,12,17H2,1H3. The number of thiophene rings is 1. The minimum Gasteiger partial charge on any atom is -0.497 e. The van der Waals surface area contributed by atoms with Crippen LogP contribution in [0.2, 0.25) is 0 Å². The van der Waals surface area contributed by atoms with Gasteiger partial charge in [-0.1, -0.05) is 18.2 Å². The first-order chi connectivity index (χ1) is 9.28. The summed E-state index contributed by atoms with van der Waals surface area (Å²) < 4.78 is 5.15. The van der Waals surface area contributed by atoms with Crippen LogP contribution in [0, 0.1) is 0 Å². The summed E-state index contributed by atoms with van der Waals surface area (Å²) in [5.74, 6) is 0.898. The van der Waals surface area contributed by atoms with Gasteiger partial charge in [0, 0.05) is 10.9 Å². The van der Waals surface area contributed by atoms with Crippen molar-refractivity contribution in [3.05, 3.63) is 52.2 Å². The summed E-state index contributed by atoms with van der Waals surface area (Å²) in [7, 11) is 1.69. The predicted octanol–water partition coefficient (Wildman–Crippen LogP) is 3.65. The summed E-state index contributed by atoms with van der Waals surface area (Å²) in [6.07, 6.45) is 4.32. The highest BCUT2D eigenvalue weighted by Crippen LogP contribution is 2.15. The molecule has 1 aromatic heterocycles. The van der Waals surface area contributed by atoms with E-state index in [0.717, 1.165) is 31.4 Å². The van der Waals surface area contributed by atoms with Crippen LogP contribution in [0.15, 0.2) is 41.8 Å². The molecule has 2 nitrogen and oxygen atoms in total. The Hall–Kier alpha value is -1.32. The summed E-state index contributed by atoms with van der Waals surface area (Å²) in [5.41, 5.74) is 7.47. The zero-order chi connectivity index (χ0) is 13.5. The van der Waals surface area contributed by atoms with E-state index >= 15 is 0 Å². The second-order valence-corrected chi connectivity index (χ2v) is 5.82. The molecule has 0 aliphatic rings. The maximum absolute atomic E-state index is 6.19. The Kier molecular flexibility index (Phi) is 5.43. The third-order valence-corrected chi connectivity index (χ3v) is 4.17. The number of ether oxygens (including phenoxy) is 1. The van der Waals surface area contributed by atoms with Crippen LogP contribution in [0.1, 0.15) is 23.3 Å². The van der Waals surface area contributed by atoms with E-state index in [9.17, 15) is 0 Å². The zero-order valence-electron chi connectivity index (χ0n) is 11.3. The molecule has 19 heavy (non-hydrogen) atoms. The van der Waals surface area contributed by atoms with Crippen molar-refractivity contribution < 1.29 is 4.74 Å². The number of hydrogen-bond acceptors (Lipinski definition) is 3. The molecule has 0 amide bonds. The van der Waals surface area contributed by atoms with E-state index in [1.54, 1.807) is 7.11 Å². The van der Waals surface area contributed by atoms with Crippen molar-refractivity contribution >= 4 is 11.3 Å². The van der Waals surface area contributed by atoms with Crippen LogP contribution in [0.5, 0.6) is 5.75 Å². The topological polar surface area (TPSA) is 35.2 Å². The number of methoxy groups -OCH3 is 1. The Bertz CT molecular complexity index is 464. The molecule has 1 unspecified atom stereocenters. The van der Waals surface area contributed by atoms with Gasteiger partial charge in [-0.25, -0.2) is 0 Å². The molecule has 0 bridgehead atoms. The minimum atomic E-state index is 0.244. The quantitative estimate of drug-likeness (QED) is 0.837. The molecule has 2 aromatic rings. The number of benzene rings is 1. The lowest BCUT2D eigenvalue weighted by atomic mass is 10.0. The molecule has 102 valence electrons. The van der Waals surface area contributed by atoms with E-state index in [0.29, 0.717) is 0 Å². The maximum Gasteiger partial charge on any atom is 0.118 e. The fourth-order valence-corrected chi connectivity index (χ4v) is 2.91. The van der Waals surface area contributed by atoms with E-state index in [1.807, 2.05) is 23.5 Å². The molecular weight excluding hydrogens is 254 g/mol. The molecule has 1 aromatic carbocycles. The van der Waals surface area contributed by atoms with E-state index < -0.39 is 0 Å². The van der Waals surface area contributed by atoms with Gasteiger partial charge in [0.1, 0.15) is 5.75 Å². The molecule has 0 spiro atoms. The fraction of sp³-hybridized carbons (Fsp3) is 0.375. The first-order valence-corrected chi connectivity index (χ1v) is 7.57. The van der Waals surface area contributed by atoms with E-state index in [-0.39, 0.29) is 6.04 Å². The average Bonchev–Trinajstić information content (AvgIpc) is 2.93. The molecule has 1 heterocycles. The van der Waals surface area contributed by atoms with Gasteiger partial charge in [-0.05, 0) is 54.8 Å². The lowest BCUT2D eigenvalue weighted by Crippen LogP contribution is -2.22. The van der Waals surface area contributed by atoms with Gasteiger partial charge in [-0.15, -0.1) is 11.3 Å². The Labute approximate surface area is 119 Å². The lowest BCUT2D eigenvalue weighted by molar-refractivity contribution is 0.414. The van der Waals surface area contributed by atoms with Crippen LogP contribution in [-0.4, -0.2) is 13.2 Å². The van der Waals surface area contributed by atoms with Gasteiger partial charge < -0.3 is 10.5 Å². The number of aryl methyl sites for hydroxylation is 1. The molecule has 1 atom stereocenters. The molecule has 0 saturated heterocycles. The Morgan fingerprint density at radius 1 is 1.21 bits per heavy atom. The summed E-state index contributed by atoms with van der Waals surface area (Å²) in [5, 5.41) is 2.13. The van der Waals surface area contributed by atoms with Crippen LogP contribution in [0.4, 0.5) is 0 Å². The molecular formula is C16H21NOS. The van der Waals surface area contributed by atoms with Crippen molar-refractivity contribution in [2.45, 2.75) is 31.7 Å². The lowest BCUT2D eigenvalue weighted by Gasteiger charge is -2.11. The Morgan fingerprint density at radius 2 is 2.00 bits per heavy atom. The average molecular weight is 275 g/mol. The van der Waals surface area contributed by atoms with Crippen molar-refractivity contribution in [1.29, 1.82) is 0 Å². The first-order valence-electron chi connectivity index (χ1n) is 6.69. The van der Waals surface area contributed by atoms with E-state index in [4.69, 9.17) is 10.5 Å². The van der Waals surface area contributed by atoms with Crippen LogP contribution < -0.4 is 10.5 Å². The molecule has 3 heteroatoms. The van der Waals surface area contributed by atoms with Crippen molar-refractivity contribution in [2.24, 2.45) is 5.73 Å². The summed E-state index contributed by atoms with van der Waals surface area (Å²) in [6.45, 7) is 0. The molecule has 0 aliphatic heterocycles. The highest BCUT2D eigenvalue weighted by atomic mass is 32.1. The smallest absolute Gasteiger partial charge is 0.118 e. The second-order valence-electron chi connectivity index (χ2n) is 4.78. The van der Waals surface area contributed by atoms with Gasteiger partial charge in [0.05, 0.1) is 7.11 Å². The molecule has 0 fully saturated rings. The Balaban J connectivity index is 1.72.